The summed E-state index contributed by atoms with van der Waals surface area (Å²) in [5.74, 6) is -0.189. The van der Waals surface area contributed by atoms with E-state index in [2.05, 4.69) is 4.57 Å². The average Bonchev–Trinajstić information content (AvgIpc) is 2.67. The van der Waals surface area contributed by atoms with Crippen LogP contribution in [-0.2, 0) is 6.54 Å². The molecule has 0 spiro atoms. The molecule has 1 aromatic carbocycles. The van der Waals surface area contributed by atoms with Crippen molar-refractivity contribution in [1.82, 2.24) is 4.57 Å². The quantitative estimate of drug-likeness (QED) is 0.771. The highest BCUT2D eigenvalue weighted by Crippen LogP contribution is 2.17. The molecular weight excluding hydrogens is 205 g/mol. The summed E-state index contributed by atoms with van der Waals surface area (Å²) < 4.78 is 15.1. The molecule has 2 rings (SSSR count). The fraction of sp³-hybridized carbons (Fsp3) is 0.385. The third kappa shape index (κ3) is 2.42. The number of unbranched alkanes of at least 4 members (excludes halogenated alkanes) is 2. The van der Waals surface area contributed by atoms with Gasteiger partial charge in [0, 0.05) is 30.3 Å². The van der Waals surface area contributed by atoms with Gasteiger partial charge < -0.3 is 9.67 Å². The number of aryl methyl sites for hydroxylation is 1. The van der Waals surface area contributed by atoms with Crippen molar-refractivity contribution in [2.24, 2.45) is 0 Å². The Morgan fingerprint density at radius 2 is 2.00 bits per heavy atom. The minimum Gasteiger partial charge on any atom is -0.396 e. The second-order valence-electron chi connectivity index (χ2n) is 4.00. The first-order chi connectivity index (χ1) is 7.81. The Balaban J connectivity index is 2.07. The lowest BCUT2D eigenvalue weighted by Crippen LogP contribution is -1.96. The van der Waals surface area contributed by atoms with Crippen LogP contribution in [0.4, 0.5) is 4.39 Å². The minimum absolute atomic E-state index is 0.189. The summed E-state index contributed by atoms with van der Waals surface area (Å²) in [6, 6.07) is 6.80. The van der Waals surface area contributed by atoms with Crippen molar-refractivity contribution in [2.75, 3.05) is 6.61 Å². The predicted molar refractivity (Wildman–Crippen MR) is 62.8 cm³/mol. The summed E-state index contributed by atoms with van der Waals surface area (Å²) in [5.41, 5.74) is 1.07. The van der Waals surface area contributed by atoms with Gasteiger partial charge in [0.15, 0.2) is 0 Å². The van der Waals surface area contributed by atoms with E-state index in [0.717, 1.165) is 36.7 Å². The van der Waals surface area contributed by atoms with Crippen LogP contribution in [0.5, 0.6) is 0 Å². The fourth-order valence-electron chi connectivity index (χ4n) is 1.94. The summed E-state index contributed by atoms with van der Waals surface area (Å²) in [4.78, 5) is 0. The van der Waals surface area contributed by atoms with Crippen LogP contribution in [0.15, 0.2) is 30.5 Å². The number of hydrogen-bond donors (Lipinski definition) is 1. The zero-order chi connectivity index (χ0) is 11.4. The molecule has 0 bridgehead atoms. The van der Waals surface area contributed by atoms with Crippen LogP contribution in [0.1, 0.15) is 19.3 Å². The molecule has 0 atom stereocenters. The van der Waals surface area contributed by atoms with Crippen LogP contribution in [0.2, 0.25) is 0 Å². The molecule has 0 radical (unpaired) electrons. The predicted octanol–water partition coefficient (Wildman–Crippen LogP) is 2.94. The van der Waals surface area contributed by atoms with Crippen molar-refractivity contribution in [3.63, 3.8) is 0 Å². The van der Waals surface area contributed by atoms with Crippen molar-refractivity contribution in [3.8, 4) is 0 Å². The van der Waals surface area contributed by atoms with E-state index in [1.807, 2.05) is 18.3 Å². The number of aromatic nitrogens is 1. The lowest BCUT2D eigenvalue weighted by atomic mass is 10.2. The maximum absolute atomic E-state index is 13.0. The van der Waals surface area contributed by atoms with Crippen LogP contribution in [0.25, 0.3) is 10.9 Å². The van der Waals surface area contributed by atoms with E-state index in [1.165, 1.54) is 6.07 Å². The molecule has 0 aliphatic heterocycles. The van der Waals surface area contributed by atoms with Gasteiger partial charge in [0.2, 0.25) is 0 Å². The summed E-state index contributed by atoms with van der Waals surface area (Å²) in [7, 11) is 0. The first-order valence-corrected chi connectivity index (χ1v) is 5.66. The standard InChI is InChI=1S/C13H16FNO/c14-12-4-5-13-11(10-12)6-8-15(13)7-2-1-3-9-16/h4-6,8,10,16H,1-3,7,9H2. The highest BCUT2D eigenvalue weighted by molar-refractivity contribution is 5.80. The highest BCUT2D eigenvalue weighted by Gasteiger charge is 2.01. The van der Waals surface area contributed by atoms with Gasteiger partial charge in [-0.3, -0.25) is 0 Å². The Labute approximate surface area is 94.3 Å². The number of halogens is 1. The zero-order valence-electron chi connectivity index (χ0n) is 9.19. The number of fused-ring (bicyclic) bond motifs is 1. The van der Waals surface area contributed by atoms with Gasteiger partial charge in [-0.2, -0.15) is 0 Å². The van der Waals surface area contributed by atoms with Crippen molar-refractivity contribution in [3.05, 3.63) is 36.3 Å². The molecule has 0 saturated heterocycles. The fourth-order valence-corrected chi connectivity index (χ4v) is 1.94. The Hall–Kier alpha value is -1.35. The van der Waals surface area contributed by atoms with E-state index >= 15 is 0 Å². The number of nitrogens with zero attached hydrogens (tertiary/aromatic N) is 1. The molecule has 16 heavy (non-hydrogen) atoms. The molecular formula is C13H16FNO. The van der Waals surface area contributed by atoms with Crippen molar-refractivity contribution in [1.29, 1.82) is 0 Å². The van der Waals surface area contributed by atoms with Crippen LogP contribution >= 0.6 is 0 Å². The molecule has 0 amide bonds. The van der Waals surface area contributed by atoms with Crippen LogP contribution < -0.4 is 0 Å². The first kappa shape index (κ1) is 11.1. The number of rotatable bonds is 5. The number of benzene rings is 1. The largest absolute Gasteiger partial charge is 0.396 e. The van der Waals surface area contributed by atoms with E-state index in [-0.39, 0.29) is 12.4 Å². The molecule has 1 aromatic heterocycles. The lowest BCUT2D eigenvalue weighted by molar-refractivity contribution is 0.282. The topological polar surface area (TPSA) is 25.2 Å². The molecule has 0 aliphatic rings. The third-order valence-corrected chi connectivity index (χ3v) is 2.79. The average molecular weight is 221 g/mol. The molecule has 0 unspecified atom stereocenters. The number of aliphatic hydroxyl groups excluding tert-OH is 1. The third-order valence-electron chi connectivity index (χ3n) is 2.79. The molecule has 0 aliphatic carbocycles. The zero-order valence-corrected chi connectivity index (χ0v) is 9.19. The van der Waals surface area contributed by atoms with Crippen LogP contribution in [0, 0.1) is 5.82 Å². The van der Waals surface area contributed by atoms with Gasteiger partial charge in [-0.15, -0.1) is 0 Å². The normalized spacial score (nSPS) is 11.1. The monoisotopic (exact) mass is 221 g/mol. The minimum atomic E-state index is -0.189. The Bertz CT molecular complexity index is 464. The molecule has 0 saturated carbocycles. The molecule has 3 heteroatoms. The summed E-state index contributed by atoms with van der Waals surface area (Å²) >= 11 is 0. The van der Waals surface area contributed by atoms with Crippen molar-refractivity contribution >= 4 is 10.9 Å². The number of hydrogen-bond acceptors (Lipinski definition) is 1. The van der Waals surface area contributed by atoms with Gasteiger partial charge in [0.1, 0.15) is 5.82 Å². The second-order valence-corrected chi connectivity index (χ2v) is 4.00. The van der Waals surface area contributed by atoms with Crippen LogP contribution in [0.3, 0.4) is 0 Å². The van der Waals surface area contributed by atoms with Crippen molar-refractivity contribution < 1.29 is 9.50 Å². The molecule has 86 valence electrons. The van der Waals surface area contributed by atoms with Gasteiger partial charge in [0.05, 0.1) is 0 Å². The Morgan fingerprint density at radius 1 is 1.12 bits per heavy atom. The molecule has 2 aromatic rings. The molecule has 0 fully saturated rings. The maximum atomic E-state index is 13.0. The van der Waals surface area contributed by atoms with E-state index < -0.39 is 0 Å². The van der Waals surface area contributed by atoms with E-state index in [9.17, 15) is 4.39 Å². The Kier molecular flexibility index (Phi) is 3.57. The van der Waals surface area contributed by atoms with Crippen LogP contribution in [-0.4, -0.2) is 16.3 Å². The summed E-state index contributed by atoms with van der Waals surface area (Å²) in [5, 5.41) is 9.62. The van der Waals surface area contributed by atoms with Gasteiger partial charge in [-0.05, 0) is 43.5 Å². The van der Waals surface area contributed by atoms with Crippen molar-refractivity contribution in [2.45, 2.75) is 25.8 Å². The second kappa shape index (κ2) is 5.12. The van der Waals surface area contributed by atoms with Gasteiger partial charge >= 0.3 is 0 Å². The smallest absolute Gasteiger partial charge is 0.123 e. The van der Waals surface area contributed by atoms with E-state index in [4.69, 9.17) is 5.11 Å². The van der Waals surface area contributed by atoms with Gasteiger partial charge in [-0.25, -0.2) is 4.39 Å². The lowest BCUT2D eigenvalue weighted by Gasteiger charge is -2.04. The first-order valence-electron chi connectivity index (χ1n) is 5.66. The summed E-state index contributed by atoms with van der Waals surface area (Å²) in [6.45, 7) is 1.19. The van der Waals surface area contributed by atoms with Gasteiger partial charge in [-0.1, -0.05) is 0 Å². The number of aliphatic hydroxyl groups is 1. The molecule has 2 nitrogen and oxygen atoms in total. The maximum Gasteiger partial charge on any atom is 0.123 e. The van der Waals surface area contributed by atoms with E-state index in [0.29, 0.717) is 0 Å². The molecule has 1 heterocycles. The SMILES string of the molecule is OCCCCCn1ccc2cc(F)ccc21. The van der Waals surface area contributed by atoms with E-state index in [1.54, 1.807) is 6.07 Å². The summed E-state index contributed by atoms with van der Waals surface area (Å²) in [6.07, 6.45) is 4.91. The highest BCUT2D eigenvalue weighted by atomic mass is 19.1. The van der Waals surface area contributed by atoms with Gasteiger partial charge in [0.25, 0.3) is 0 Å². The molecule has 1 N–H and O–H groups in total. The Morgan fingerprint density at radius 3 is 2.81 bits per heavy atom.